The maximum Gasteiger partial charge on any atom is 0.244 e. The van der Waals surface area contributed by atoms with E-state index in [1.54, 1.807) is 11.3 Å². The van der Waals surface area contributed by atoms with Gasteiger partial charge in [-0.2, -0.15) is 11.3 Å². The van der Waals surface area contributed by atoms with Crippen molar-refractivity contribution >= 4 is 22.9 Å². The monoisotopic (exact) mass is 236 g/mol. The summed E-state index contributed by atoms with van der Waals surface area (Å²) in [5.41, 5.74) is 1.07. The first-order chi connectivity index (χ1) is 7.84. The zero-order valence-electron chi connectivity index (χ0n) is 9.19. The minimum Gasteiger partial charge on any atom is -0.310 e. The zero-order chi connectivity index (χ0) is 11.0. The van der Waals surface area contributed by atoms with Crippen LogP contribution < -0.4 is 10.2 Å². The third kappa shape index (κ3) is 1.99. The van der Waals surface area contributed by atoms with Crippen molar-refractivity contribution < 1.29 is 4.79 Å². The molecule has 1 saturated carbocycles. The van der Waals surface area contributed by atoms with Crippen LogP contribution in [0.5, 0.6) is 0 Å². The van der Waals surface area contributed by atoms with Crippen molar-refractivity contribution in [3.05, 3.63) is 16.8 Å². The van der Waals surface area contributed by atoms with Gasteiger partial charge >= 0.3 is 0 Å². The second kappa shape index (κ2) is 4.18. The minimum atomic E-state index is 0.0566. The van der Waals surface area contributed by atoms with E-state index in [-0.39, 0.29) is 11.9 Å². The summed E-state index contributed by atoms with van der Waals surface area (Å²) in [6.07, 6.45) is 4.58. The molecule has 86 valence electrons. The third-order valence-corrected chi connectivity index (χ3v) is 3.94. The summed E-state index contributed by atoms with van der Waals surface area (Å²) >= 11 is 1.65. The maximum absolute atomic E-state index is 12.3. The Labute approximate surface area is 99.5 Å². The van der Waals surface area contributed by atoms with E-state index >= 15 is 0 Å². The van der Waals surface area contributed by atoms with E-state index in [1.807, 2.05) is 16.3 Å². The first-order valence-corrected chi connectivity index (χ1v) is 6.88. The lowest BCUT2D eigenvalue weighted by Crippen LogP contribution is -2.51. The van der Waals surface area contributed by atoms with Gasteiger partial charge in [-0.1, -0.05) is 0 Å². The van der Waals surface area contributed by atoms with Crippen LogP contribution in [0.15, 0.2) is 16.8 Å². The number of carbonyl (C=O) groups excluding carboxylic acids is 1. The highest BCUT2D eigenvalue weighted by Gasteiger charge is 2.33. The van der Waals surface area contributed by atoms with E-state index in [9.17, 15) is 4.79 Å². The van der Waals surface area contributed by atoms with Gasteiger partial charge < -0.3 is 10.2 Å². The molecular formula is C12H16N2OS. The number of hydrogen-bond donors (Lipinski definition) is 1. The molecule has 0 radical (unpaired) electrons. The molecule has 2 fully saturated rings. The van der Waals surface area contributed by atoms with E-state index in [4.69, 9.17) is 0 Å². The highest BCUT2D eigenvalue weighted by Crippen LogP contribution is 2.26. The Bertz CT molecular complexity index is 372. The van der Waals surface area contributed by atoms with Crippen LogP contribution in [-0.4, -0.2) is 24.5 Å². The molecule has 1 atom stereocenters. The molecule has 16 heavy (non-hydrogen) atoms. The Morgan fingerprint density at radius 1 is 1.38 bits per heavy atom. The van der Waals surface area contributed by atoms with Crippen molar-refractivity contribution in [1.29, 1.82) is 0 Å². The zero-order valence-corrected chi connectivity index (χ0v) is 10.0. The summed E-state index contributed by atoms with van der Waals surface area (Å²) in [6.45, 7) is 0.873. The number of nitrogens with one attached hydrogen (secondary N) is 1. The molecule has 3 nitrogen and oxygen atoms in total. The number of amides is 1. The van der Waals surface area contributed by atoms with Gasteiger partial charge in [0.1, 0.15) is 0 Å². The first kappa shape index (κ1) is 10.3. The SMILES string of the molecule is O=C1C(NC2CC2)CCCN1c1ccsc1. The second-order valence-corrected chi connectivity index (χ2v) is 5.39. The van der Waals surface area contributed by atoms with Crippen molar-refractivity contribution in [2.75, 3.05) is 11.4 Å². The van der Waals surface area contributed by atoms with Gasteiger partial charge in [0.05, 0.1) is 11.7 Å². The molecule has 1 amide bonds. The largest absolute Gasteiger partial charge is 0.310 e. The fraction of sp³-hybridized carbons (Fsp3) is 0.583. The van der Waals surface area contributed by atoms with Crippen LogP contribution in [0.4, 0.5) is 5.69 Å². The lowest BCUT2D eigenvalue weighted by atomic mass is 10.0. The summed E-state index contributed by atoms with van der Waals surface area (Å²) in [7, 11) is 0. The van der Waals surface area contributed by atoms with E-state index < -0.39 is 0 Å². The molecule has 1 aromatic rings. The Morgan fingerprint density at radius 2 is 2.25 bits per heavy atom. The van der Waals surface area contributed by atoms with E-state index in [1.165, 1.54) is 12.8 Å². The van der Waals surface area contributed by atoms with E-state index in [0.717, 1.165) is 25.1 Å². The lowest BCUT2D eigenvalue weighted by molar-refractivity contribution is -0.121. The average Bonchev–Trinajstić information content (AvgIpc) is 2.94. The van der Waals surface area contributed by atoms with Gasteiger partial charge in [-0.3, -0.25) is 4.79 Å². The molecule has 1 saturated heterocycles. The van der Waals surface area contributed by atoms with Crippen LogP contribution in [-0.2, 0) is 4.79 Å². The normalized spacial score (nSPS) is 26.1. The van der Waals surface area contributed by atoms with Crippen LogP contribution in [0, 0.1) is 0 Å². The predicted octanol–water partition coefficient (Wildman–Crippen LogP) is 2.00. The molecule has 1 N–H and O–H groups in total. The molecule has 0 bridgehead atoms. The molecule has 1 unspecified atom stereocenters. The number of piperidine rings is 1. The van der Waals surface area contributed by atoms with Crippen molar-refractivity contribution in [3.8, 4) is 0 Å². The fourth-order valence-corrected chi connectivity index (χ4v) is 2.87. The van der Waals surface area contributed by atoms with Gasteiger partial charge in [-0.25, -0.2) is 0 Å². The maximum atomic E-state index is 12.3. The van der Waals surface area contributed by atoms with Crippen molar-refractivity contribution in [2.45, 2.75) is 37.8 Å². The van der Waals surface area contributed by atoms with Gasteiger partial charge in [-0.05, 0) is 37.1 Å². The van der Waals surface area contributed by atoms with Crippen LogP contribution >= 0.6 is 11.3 Å². The van der Waals surface area contributed by atoms with Gasteiger partial charge in [0, 0.05) is 18.0 Å². The van der Waals surface area contributed by atoms with Gasteiger partial charge in [0.2, 0.25) is 5.91 Å². The van der Waals surface area contributed by atoms with Crippen molar-refractivity contribution in [3.63, 3.8) is 0 Å². The number of rotatable bonds is 3. The molecule has 2 aliphatic rings. The summed E-state index contributed by atoms with van der Waals surface area (Å²) in [5, 5.41) is 7.53. The highest BCUT2D eigenvalue weighted by molar-refractivity contribution is 7.08. The highest BCUT2D eigenvalue weighted by atomic mass is 32.1. The fourth-order valence-electron chi connectivity index (χ4n) is 2.23. The van der Waals surface area contributed by atoms with Gasteiger partial charge in [0.25, 0.3) is 0 Å². The second-order valence-electron chi connectivity index (χ2n) is 4.61. The molecule has 0 spiro atoms. The lowest BCUT2D eigenvalue weighted by Gasteiger charge is -2.32. The van der Waals surface area contributed by atoms with E-state index in [0.29, 0.717) is 6.04 Å². The van der Waals surface area contributed by atoms with Crippen LogP contribution in [0.3, 0.4) is 0 Å². The molecular weight excluding hydrogens is 220 g/mol. The molecule has 1 aliphatic carbocycles. The van der Waals surface area contributed by atoms with Crippen LogP contribution in [0.2, 0.25) is 0 Å². The number of carbonyl (C=O) groups is 1. The molecule has 2 heterocycles. The molecule has 1 aliphatic heterocycles. The molecule has 3 rings (SSSR count). The quantitative estimate of drug-likeness (QED) is 0.870. The molecule has 4 heteroatoms. The number of hydrogen-bond acceptors (Lipinski definition) is 3. The summed E-state index contributed by atoms with van der Waals surface area (Å²) in [5.74, 6) is 0.261. The summed E-state index contributed by atoms with van der Waals surface area (Å²) < 4.78 is 0. The van der Waals surface area contributed by atoms with E-state index in [2.05, 4.69) is 10.7 Å². The number of anilines is 1. The molecule has 0 aromatic carbocycles. The minimum absolute atomic E-state index is 0.0566. The molecule has 1 aromatic heterocycles. The van der Waals surface area contributed by atoms with Crippen LogP contribution in [0.1, 0.15) is 25.7 Å². The average molecular weight is 236 g/mol. The Kier molecular flexibility index (Phi) is 2.69. The topological polar surface area (TPSA) is 32.3 Å². The standard InChI is InChI=1S/C12H16N2OS/c15-12-11(13-9-3-4-9)2-1-6-14(12)10-5-7-16-8-10/h5,7-9,11,13H,1-4,6H2. The van der Waals surface area contributed by atoms with Gasteiger partial charge in [0.15, 0.2) is 0 Å². The van der Waals surface area contributed by atoms with Gasteiger partial charge in [-0.15, -0.1) is 0 Å². The van der Waals surface area contributed by atoms with Crippen molar-refractivity contribution in [1.82, 2.24) is 5.32 Å². The first-order valence-electron chi connectivity index (χ1n) is 5.94. The summed E-state index contributed by atoms with van der Waals surface area (Å²) in [4.78, 5) is 14.2. The number of thiophene rings is 1. The summed E-state index contributed by atoms with van der Waals surface area (Å²) in [6, 6.07) is 2.69. The number of nitrogens with zero attached hydrogens (tertiary/aromatic N) is 1. The van der Waals surface area contributed by atoms with Crippen LogP contribution in [0.25, 0.3) is 0 Å². The van der Waals surface area contributed by atoms with Crippen molar-refractivity contribution in [2.24, 2.45) is 0 Å². The predicted molar refractivity (Wildman–Crippen MR) is 65.9 cm³/mol. The Hall–Kier alpha value is -0.870. The smallest absolute Gasteiger partial charge is 0.244 e. The Morgan fingerprint density at radius 3 is 2.94 bits per heavy atom. The third-order valence-electron chi connectivity index (χ3n) is 3.27. The Balaban J connectivity index is 1.72.